The highest BCUT2D eigenvalue weighted by atomic mass is 35.5. The number of halogens is 2. The van der Waals surface area contributed by atoms with Gasteiger partial charge in [0.1, 0.15) is 10.6 Å². The Hall–Kier alpha value is -1.34. The quantitative estimate of drug-likeness (QED) is 0.943. The second kappa shape index (κ2) is 5.34. The Labute approximate surface area is 120 Å². The van der Waals surface area contributed by atoms with Crippen LogP contribution in [0.15, 0.2) is 41.4 Å². The number of ether oxygens (including phenoxy) is 1. The summed E-state index contributed by atoms with van der Waals surface area (Å²) in [6, 6.07) is 7.36. The van der Waals surface area contributed by atoms with Crippen LogP contribution in [0.4, 0.5) is 0 Å². The number of rotatable bonds is 3. The lowest BCUT2D eigenvalue weighted by Gasteiger charge is -2.06. The van der Waals surface area contributed by atoms with E-state index in [1.54, 1.807) is 18.2 Å². The van der Waals surface area contributed by atoms with Crippen molar-refractivity contribution in [1.82, 2.24) is 4.98 Å². The van der Waals surface area contributed by atoms with Crippen molar-refractivity contribution in [2.45, 2.75) is 4.90 Å². The van der Waals surface area contributed by atoms with Crippen molar-refractivity contribution in [3.63, 3.8) is 0 Å². The zero-order valence-corrected chi connectivity index (χ0v) is 11.7. The van der Waals surface area contributed by atoms with Gasteiger partial charge in [0.05, 0.1) is 6.20 Å². The summed E-state index contributed by atoms with van der Waals surface area (Å²) in [5.41, 5.74) is 0. The first-order valence-corrected chi connectivity index (χ1v) is 7.27. The predicted molar refractivity (Wildman–Crippen MR) is 72.1 cm³/mol. The summed E-state index contributed by atoms with van der Waals surface area (Å²) in [6.45, 7) is 0. The molecule has 0 spiro atoms. The summed E-state index contributed by atoms with van der Waals surface area (Å²) in [4.78, 5) is 3.74. The number of primary sulfonamides is 1. The monoisotopic (exact) mass is 318 g/mol. The minimum absolute atomic E-state index is 0.0935. The van der Waals surface area contributed by atoms with E-state index in [-0.39, 0.29) is 10.8 Å². The molecule has 1 aromatic carbocycles. The molecular weight excluding hydrogens is 311 g/mol. The molecule has 8 heteroatoms. The maximum Gasteiger partial charge on any atom is 0.239 e. The summed E-state index contributed by atoms with van der Waals surface area (Å²) >= 11 is 11.6. The minimum atomic E-state index is -3.77. The first-order chi connectivity index (χ1) is 8.84. The maximum atomic E-state index is 11.1. The van der Waals surface area contributed by atoms with E-state index in [0.717, 1.165) is 6.20 Å². The Bertz CT molecular complexity index is 682. The van der Waals surface area contributed by atoms with Gasteiger partial charge in [0, 0.05) is 16.1 Å². The normalized spacial score (nSPS) is 11.3. The van der Waals surface area contributed by atoms with Gasteiger partial charge in [0.25, 0.3) is 0 Å². The molecule has 0 unspecified atom stereocenters. The van der Waals surface area contributed by atoms with E-state index < -0.39 is 10.0 Å². The molecule has 0 bridgehead atoms. The van der Waals surface area contributed by atoms with Gasteiger partial charge in [0.2, 0.25) is 15.9 Å². The van der Waals surface area contributed by atoms with Crippen LogP contribution in [-0.2, 0) is 10.0 Å². The van der Waals surface area contributed by atoms with Crippen LogP contribution in [0.1, 0.15) is 0 Å². The Morgan fingerprint density at radius 3 is 2.21 bits per heavy atom. The first-order valence-electron chi connectivity index (χ1n) is 4.97. The summed E-state index contributed by atoms with van der Waals surface area (Å²) in [7, 11) is -3.77. The molecule has 1 heterocycles. The van der Waals surface area contributed by atoms with Gasteiger partial charge in [-0.2, -0.15) is 0 Å². The summed E-state index contributed by atoms with van der Waals surface area (Å²) < 4.78 is 27.5. The number of nitrogens with zero attached hydrogens (tertiary/aromatic N) is 1. The van der Waals surface area contributed by atoms with Gasteiger partial charge in [0.15, 0.2) is 0 Å². The van der Waals surface area contributed by atoms with E-state index in [1.807, 2.05) is 0 Å². The molecule has 0 aliphatic rings. The van der Waals surface area contributed by atoms with Crippen LogP contribution >= 0.6 is 23.2 Å². The predicted octanol–water partition coefficient (Wildman–Crippen LogP) is 2.83. The molecule has 100 valence electrons. The van der Waals surface area contributed by atoms with Crippen molar-refractivity contribution in [3.05, 3.63) is 46.6 Å². The van der Waals surface area contributed by atoms with Crippen LogP contribution in [0.2, 0.25) is 10.0 Å². The fourth-order valence-corrected chi connectivity index (χ4v) is 2.27. The van der Waals surface area contributed by atoms with Crippen LogP contribution in [0.25, 0.3) is 0 Å². The van der Waals surface area contributed by atoms with Crippen molar-refractivity contribution in [3.8, 4) is 11.6 Å². The molecule has 2 N–H and O–H groups in total. The Balaban J connectivity index is 2.24. The fraction of sp³-hybridized carbons (Fsp3) is 0. The van der Waals surface area contributed by atoms with Crippen molar-refractivity contribution < 1.29 is 13.2 Å². The van der Waals surface area contributed by atoms with Crippen LogP contribution in [-0.4, -0.2) is 13.4 Å². The van der Waals surface area contributed by atoms with E-state index in [9.17, 15) is 8.42 Å². The highest BCUT2D eigenvalue weighted by Crippen LogP contribution is 2.27. The number of pyridine rings is 1. The average Bonchev–Trinajstić information content (AvgIpc) is 2.26. The highest BCUT2D eigenvalue weighted by Gasteiger charge is 2.09. The maximum absolute atomic E-state index is 11.1. The molecule has 0 radical (unpaired) electrons. The molecule has 1 aromatic heterocycles. The number of hydrogen-bond acceptors (Lipinski definition) is 4. The molecule has 19 heavy (non-hydrogen) atoms. The zero-order valence-electron chi connectivity index (χ0n) is 9.38. The van der Waals surface area contributed by atoms with E-state index >= 15 is 0 Å². The second-order valence-corrected chi connectivity index (χ2v) is 6.02. The van der Waals surface area contributed by atoms with Gasteiger partial charge >= 0.3 is 0 Å². The molecule has 0 aliphatic carbocycles. The Morgan fingerprint density at radius 2 is 1.74 bits per heavy atom. The lowest BCUT2D eigenvalue weighted by Crippen LogP contribution is -2.12. The topological polar surface area (TPSA) is 82.3 Å². The average molecular weight is 319 g/mol. The van der Waals surface area contributed by atoms with E-state index in [1.165, 1.54) is 12.1 Å². The minimum Gasteiger partial charge on any atom is -0.439 e. The summed E-state index contributed by atoms with van der Waals surface area (Å²) in [6.07, 6.45) is 1.11. The number of benzene rings is 1. The third kappa shape index (κ3) is 3.81. The van der Waals surface area contributed by atoms with Crippen LogP contribution in [0.3, 0.4) is 0 Å². The standard InChI is InChI=1S/C11H8Cl2N2O3S/c12-7-3-8(13)5-9(4-7)18-11-2-1-10(6-15-11)19(14,16)17/h1-6H,(H2,14,16,17). The Morgan fingerprint density at radius 1 is 1.11 bits per heavy atom. The third-order valence-corrected chi connectivity index (χ3v) is 3.43. The number of sulfonamides is 1. The molecule has 0 atom stereocenters. The lowest BCUT2D eigenvalue weighted by atomic mass is 10.3. The molecule has 5 nitrogen and oxygen atoms in total. The zero-order chi connectivity index (χ0) is 14.0. The van der Waals surface area contributed by atoms with Crippen molar-refractivity contribution in [2.75, 3.05) is 0 Å². The highest BCUT2D eigenvalue weighted by molar-refractivity contribution is 7.89. The molecule has 0 amide bonds. The second-order valence-electron chi connectivity index (χ2n) is 3.58. The smallest absolute Gasteiger partial charge is 0.239 e. The summed E-state index contributed by atoms with van der Waals surface area (Å²) in [5, 5.41) is 5.80. The molecular formula is C11H8Cl2N2O3S. The van der Waals surface area contributed by atoms with Crippen LogP contribution < -0.4 is 9.88 Å². The third-order valence-electron chi connectivity index (χ3n) is 2.10. The van der Waals surface area contributed by atoms with Gasteiger partial charge in [-0.15, -0.1) is 0 Å². The largest absolute Gasteiger partial charge is 0.439 e. The summed E-state index contributed by atoms with van der Waals surface area (Å²) in [5.74, 6) is 0.596. The van der Waals surface area contributed by atoms with Crippen LogP contribution in [0, 0.1) is 0 Å². The van der Waals surface area contributed by atoms with E-state index in [0.29, 0.717) is 15.8 Å². The molecule has 0 aliphatic heterocycles. The lowest BCUT2D eigenvalue weighted by molar-refractivity contribution is 0.462. The van der Waals surface area contributed by atoms with E-state index in [2.05, 4.69) is 4.98 Å². The fourth-order valence-electron chi connectivity index (χ4n) is 1.30. The molecule has 2 rings (SSSR count). The van der Waals surface area contributed by atoms with Crippen molar-refractivity contribution in [1.29, 1.82) is 0 Å². The van der Waals surface area contributed by atoms with Gasteiger partial charge in [-0.05, 0) is 24.3 Å². The van der Waals surface area contributed by atoms with Crippen molar-refractivity contribution in [2.24, 2.45) is 5.14 Å². The Kier molecular flexibility index (Phi) is 3.96. The molecule has 0 saturated heterocycles. The van der Waals surface area contributed by atoms with Gasteiger partial charge in [-0.3, -0.25) is 0 Å². The SMILES string of the molecule is NS(=O)(=O)c1ccc(Oc2cc(Cl)cc(Cl)c2)nc1. The van der Waals surface area contributed by atoms with E-state index in [4.69, 9.17) is 33.1 Å². The first kappa shape index (κ1) is 14.1. The van der Waals surface area contributed by atoms with Crippen molar-refractivity contribution >= 4 is 33.2 Å². The molecule has 0 saturated carbocycles. The van der Waals surface area contributed by atoms with Gasteiger partial charge in [-0.1, -0.05) is 23.2 Å². The number of hydrogen-bond donors (Lipinski definition) is 1. The van der Waals surface area contributed by atoms with Gasteiger partial charge < -0.3 is 4.74 Å². The van der Waals surface area contributed by atoms with Gasteiger partial charge in [-0.25, -0.2) is 18.5 Å². The van der Waals surface area contributed by atoms with Crippen LogP contribution in [0.5, 0.6) is 11.6 Å². The number of nitrogens with two attached hydrogens (primary N) is 1. The molecule has 0 fully saturated rings. The number of aromatic nitrogens is 1. The molecule has 2 aromatic rings.